The van der Waals surface area contributed by atoms with Crippen LogP contribution >= 0.6 is 0 Å². The lowest BCUT2D eigenvalue weighted by Crippen LogP contribution is -2.46. The van der Waals surface area contributed by atoms with E-state index in [1.807, 2.05) is 26.0 Å². The van der Waals surface area contributed by atoms with Gasteiger partial charge in [-0.3, -0.25) is 4.79 Å². The van der Waals surface area contributed by atoms with Gasteiger partial charge in [0.1, 0.15) is 0 Å². The summed E-state index contributed by atoms with van der Waals surface area (Å²) in [4.78, 5) is 12.1. The van der Waals surface area contributed by atoms with Crippen LogP contribution in [0, 0.1) is 13.8 Å². The molecule has 1 aromatic carbocycles. The molecule has 0 radical (unpaired) electrons. The molecule has 0 saturated heterocycles. The molecule has 3 heteroatoms. The first-order valence-corrected chi connectivity index (χ1v) is 6.88. The van der Waals surface area contributed by atoms with Gasteiger partial charge < -0.3 is 10.4 Å². The molecule has 19 heavy (non-hydrogen) atoms. The van der Waals surface area contributed by atoms with Gasteiger partial charge in [-0.25, -0.2) is 0 Å². The number of aryl methyl sites for hydroxylation is 2. The zero-order valence-electron chi connectivity index (χ0n) is 12.4. The number of nitrogens with one attached hydrogen (secondary N) is 1. The monoisotopic (exact) mass is 263 g/mol. The summed E-state index contributed by atoms with van der Waals surface area (Å²) in [6.45, 7) is 8.20. The average molecular weight is 263 g/mol. The number of aliphatic hydroxyl groups is 1. The molecule has 0 bridgehead atoms. The van der Waals surface area contributed by atoms with Crippen molar-refractivity contribution in [2.45, 2.75) is 52.5 Å². The number of hydrogen-bond acceptors (Lipinski definition) is 2. The average Bonchev–Trinajstić information content (AvgIpc) is 2.34. The van der Waals surface area contributed by atoms with E-state index in [1.165, 1.54) is 11.1 Å². The Bertz CT molecular complexity index is 442. The molecular formula is C16H25NO2. The maximum absolute atomic E-state index is 12.1. The fourth-order valence-corrected chi connectivity index (χ4v) is 2.05. The van der Waals surface area contributed by atoms with Crippen LogP contribution in [0.3, 0.4) is 0 Å². The minimum Gasteiger partial charge on any atom is -0.396 e. The Morgan fingerprint density at radius 2 is 2.00 bits per heavy atom. The van der Waals surface area contributed by atoms with E-state index in [0.29, 0.717) is 12.8 Å². The Morgan fingerprint density at radius 3 is 2.53 bits per heavy atom. The molecule has 0 saturated carbocycles. The largest absolute Gasteiger partial charge is 0.396 e. The molecule has 1 aromatic rings. The minimum atomic E-state index is -0.314. The van der Waals surface area contributed by atoms with Crippen molar-refractivity contribution < 1.29 is 9.90 Å². The molecule has 0 heterocycles. The molecule has 1 atom stereocenters. The molecular weight excluding hydrogens is 238 g/mol. The second kappa shape index (κ2) is 6.71. The molecule has 0 fully saturated rings. The van der Waals surface area contributed by atoms with E-state index < -0.39 is 0 Å². The van der Waals surface area contributed by atoms with E-state index in [1.54, 1.807) is 0 Å². The van der Waals surface area contributed by atoms with E-state index >= 15 is 0 Å². The highest BCUT2D eigenvalue weighted by Gasteiger charge is 2.23. The lowest BCUT2D eigenvalue weighted by molar-refractivity contribution is -0.122. The number of hydrogen-bond donors (Lipinski definition) is 2. The lowest BCUT2D eigenvalue weighted by Gasteiger charge is -2.29. The summed E-state index contributed by atoms with van der Waals surface area (Å²) in [6, 6.07) is 6.10. The van der Waals surface area contributed by atoms with Gasteiger partial charge in [0.15, 0.2) is 0 Å². The van der Waals surface area contributed by atoms with Gasteiger partial charge in [0, 0.05) is 12.1 Å². The van der Waals surface area contributed by atoms with Crippen LogP contribution in [-0.4, -0.2) is 23.2 Å². The summed E-state index contributed by atoms with van der Waals surface area (Å²) in [5.41, 5.74) is 3.16. The Hall–Kier alpha value is -1.35. The molecule has 106 valence electrons. The topological polar surface area (TPSA) is 49.3 Å². The van der Waals surface area contributed by atoms with Gasteiger partial charge >= 0.3 is 0 Å². The van der Waals surface area contributed by atoms with E-state index in [-0.39, 0.29) is 18.1 Å². The number of amides is 1. The van der Waals surface area contributed by atoms with E-state index in [4.69, 9.17) is 5.11 Å². The predicted octanol–water partition coefficient (Wildman–Crippen LogP) is 2.51. The van der Waals surface area contributed by atoms with Gasteiger partial charge in [-0.05, 0) is 50.3 Å². The predicted molar refractivity (Wildman–Crippen MR) is 78.2 cm³/mol. The maximum atomic E-state index is 12.1. The number of carbonyl (C=O) groups excluding carboxylic acids is 1. The first-order chi connectivity index (χ1) is 8.90. The standard InChI is InChI=1S/C16H25NO2/c1-5-16(4,8-9-18)17-15(19)11-14-7-6-12(2)13(3)10-14/h6-7,10,18H,5,8-9,11H2,1-4H3,(H,17,19). The van der Waals surface area contributed by atoms with Gasteiger partial charge in [0.05, 0.1) is 6.42 Å². The highest BCUT2D eigenvalue weighted by molar-refractivity contribution is 5.79. The smallest absolute Gasteiger partial charge is 0.224 e. The van der Waals surface area contributed by atoms with Crippen molar-refractivity contribution in [2.75, 3.05) is 6.61 Å². The molecule has 1 unspecified atom stereocenters. The fourth-order valence-electron chi connectivity index (χ4n) is 2.05. The third-order valence-electron chi connectivity index (χ3n) is 3.82. The van der Waals surface area contributed by atoms with Crippen LogP contribution in [0.4, 0.5) is 0 Å². The van der Waals surface area contributed by atoms with Crippen molar-refractivity contribution in [1.29, 1.82) is 0 Å². The molecule has 0 spiro atoms. The SMILES string of the molecule is CCC(C)(CCO)NC(=O)Cc1ccc(C)c(C)c1. The van der Waals surface area contributed by atoms with Crippen LogP contribution in [0.2, 0.25) is 0 Å². The first kappa shape index (κ1) is 15.7. The number of rotatable bonds is 6. The zero-order chi connectivity index (χ0) is 14.5. The van der Waals surface area contributed by atoms with Crippen LogP contribution in [0.1, 0.15) is 43.4 Å². The Labute approximate surface area is 116 Å². The van der Waals surface area contributed by atoms with Crippen LogP contribution < -0.4 is 5.32 Å². The number of benzene rings is 1. The molecule has 0 aliphatic heterocycles. The number of aliphatic hydroxyl groups excluding tert-OH is 1. The van der Waals surface area contributed by atoms with Gasteiger partial charge in [-0.15, -0.1) is 0 Å². The molecule has 2 N–H and O–H groups in total. The van der Waals surface area contributed by atoms with Crippen molar-refractivity contribution in [2.24, 2.45) is 0 Å². The molecule has 0 aromatic heterocycles. The first-order valence-electron chi connectivity index (χ1n) is 6.88. The molecule has 0 aliphatic carbocycles. The third-order valence-corrected chi connectivity index (χ3v) is 3.82. The fraction of sp³-hybridized carbons (Fsp3) is 0.562. The van der Waals surface area contributed by atoms with E-state index in [0.717, 1.165) is 12.0 Å². The molecule has 3 nitrogen and oxygen atoms in total. The third kappa shape index (κ3) is 4.67. The lowest BCUT2D eigenvalue weighted by atomic mass is 9.94. The normalized spacial score (nSPS) is 13.9. The van der Waals surface area contributed by atoms with Crippen molar-refractivity contribution in [1.82, 2.24) is 5.32 Å². The molecule has 1 amide bonds. The van der Waals surface area contributed by atoms with Crippen molar-refractivity contribution in [3.05, 3.63) is 34.9 Å². The summed E-state index contributed by atoms with van der Waals surface area (Å²) in [5.74, 6) is 0.0149. The van der Waals surface area contributed by atoms with Gasteiger partial charge in [0.2, 0.25) is 5.91 Å². The molecule has 1 rings (SSSR count). The summed E-state index contributed by atoms with van der Waals surface area (Å²) in [5, 5.41) is 12.1. The van der Waals surface area contributed by atoms with Gasteiger partial charge in [-0.1, -0.05) is 25.1 Å². The van der Waals surface area contributed by atoms with Crippen LogP contribution in [-0.2, 0) is 11.2 Å². The van der Waals surface area contributed by atoms with Gasteiger partial charge in [-0.2, -0.15) is 0 Å². The quantitative estimate of drug-likeness (QED) is 0.828. The minimum absolute atomic E-state index is 0.0149. The van der Waals surface area contributed by atoms with E-state index in [9.17, 15) is 4.79 Å². The summed E-state index contributed by atoms with van der Waals surface area (Å²) in [6.07, 6.45) is 1.79. The Morgan fingerprint density at radius 1 is 1.32 bits per heavy atom. The van der Waals surface area contributed by atoms with Crippen molar-refractivity contribution in [3.8, 4) is 0 Å². The summed E-state index contributed by atoms with van der Waals surface area (Å²) in [7, 11) is 0. The zero-order valence-corrected chi connectivity index (χ0v) is 12.4. The van der Waals surface area contributed by atoms with Crippen LogP contribution in [0.5, 0.6) is 0 Å². The number of carbonyl (C=O) groups is 1. The Kier molecular flexibility index (Phi) is 5.55. The van der Waals surface area contributed by atoms with Gasteiger partial charge in [0.25, 0.3) is 0 Å². The maximum Gasteiger partial charge on any atom is 0.224 e. The van der Waals surface area contributed by atoms with Crippen molar-refractivity contribution in [3.63, 3.8) is 0 Å². The van der Waals surface area contributed by atoms with E-state index in [2.05, 4.69) is 25.2 Å². The molecule has 0 aliphatic rings. The van der Waals surface area contributed by atoms with Crippen molar-refractivity contribution >= 4 is 5.91 Å². The highest BCUT2D eigenvalue weighted by atomic mass is 16.3. The summed E-state index contributed by atoms with van der Waals surface area (Å²) < 4.78 is 0. The van der Waals surface area contributed by atoms with Crippen LogP contribution in [0.25, 0.3) is 0 Å². The second-order valence-electron chi connectivity index (χ2n) is 5.53. The second-order valence-corrected chi connectivity index (χ2v) is 5.53. The van der Waals surface area contributed by atoms with Crippen LogP contribution in [0.15, 0.2) is 18.2 Å². The Balaban J connectivity index is 2.66. The summed E-state index contributed by atoms with van der Waals surface area (Å²) >= 11 is 0. The highest BCUT2D eigenvalue weighted by Crippen LogP contribution is 2.15.